The normalized spacial score (nSPS) is 20.4. The summed E-state index contributed by atoms with van der Waals surface area (Å²) < 4.78 is 55.7. The van der Waals surface area contributed by atoms with E-state index in [9.17, 15) is 41.2 Å². The van der Waals surface area contributed by atoms with E-state index in [4.69, 9.17) is 5.11 Å². The number of carboxylic acid groups (broad SMARTS) is 1. The lowest BCUT2D eigenvalue weighted by Crippen LogP contribution is -2.62. The summed E-state index contributed by atoms with van der Waals surface area (Å²) in [5.74, 6) is -3.88. The first-order valence-corrected chi connectivity index (χ1v) is 20.1. The van der Waals surface area contributed by atoms with Gasteiger partial charge in [0, 0.05) is 32.1 Å². The zero-order valence-corrected chi connectivity index (χ0v) is 33.6. The maximum Gasteiger partial charge on any atom is 0.335 e. The van der Waals surface area contributed by atoms with Crippen molar-refractivity contribution in [3.63, 3.8) is 0 Å². The van der Waals surface area contributed by atoms with Crippen molar-refractivity contribution in [2.45, 2.75) is 96.8 Å². The summed E-state index contributed by atoms with van der Waals surface area (Å²) in [4.78, 5) is 67.5. The molecule has 6 atom stereocenters. The van der Waals surface area contributed by atoms with Crippen molar-refractivity contribution in [1.82, 2.24) is 30.9 Å². The van der Waals surface area contributed by atoms with Gasteiger partial charge in [0.05, 0.1) is 10.5 Å². The van der Waals surface area contributed by atoms with Crippen LogP contribution in [0.1, 0.15) is 70.8 Å². The number of urea groups is 1. The Morgan fingerprint density at radius 1 is 0.946 bits per heavy atom. The molecule has 308 valence electrons. The number of carboxylic acids is 1. The number of nitrogens with one attached hydrogen (secondary N) is 5. The van der Waals surface area contributed by atoms with Crippen LogP contribution in [0, 0.1) is 28.6 Å². The summed E-state index contributed by atoms with van der Waals surface area (Å²) in [7, 11) is -3.87. The molecule has 17 heteroatoms. The van der Waals surface area contributed by atoms with Crippen molar-refractivity contribution in [1.29, 1.82) is 0 Å². The van der Waals surface area contributed by atoms with E-state index < -0.39 is 82.2 Å². The molecule has 5 amide bonds. The van der Waals surface area contributed by atoms with Crippen LogP contribution in [0.2, 0.25) is 0 Å². The number of sulfonamides is 1. The number of fused-ring (bicyclic) bond motifs is 1. The topological polar surface area (TPSA) is 203 Å². The van der Waals surface area contributed by atoms with Crippen molar-refractivity contribution in [3.8, 4) is 0 Å². The molecule has 6 N–H and O–H groups in total. The lowest BCUT2D eigenvalue weighted by atomic mass is 9.85. The third-order valence-electron chi connectivity index (χ3n) is 10.8. The van der Waals surface area contributed by atoms with Gasteiger partial charge in [-0.3, -0.25) is 14.4 Å². The van der Waals surface area contributed by atoms with Gasteiger partial charge in [-0.05, 0) is 64.8 Å². The Balaban J connectivity index is 1.45. The quantitative estimate of drug-likeness (QED) is 0.140. The molecule has 0 spiro atoms. The van der Waals surface area contributed by atoms with Crippen molar-refractivity contribution in [2.75, 3.05) is 19.6 Å². The van der Waals surface area contributed by atoms with Gasteiger partial charge in [0.1, 0.15) is 18.1 Å². The van der Waals surface area contributed by atoms with Gasteiger partial charge >= 0.3 is 12.0 Å². The van der Waals surface area contributed by atoms with Crippen LogP contribution < -0.4 is 26.0 Å². The molecular weight excluding hydrogens is 751 g/mol. The van der Waals surface area contributed by atoms with E-state index in [0.29, 0.717) is 5.56 Å². The van der Waals surface area contributed by atoms with Crippen LogP contribution in [0.15, 0.2) is 59.5 Å². The van der Waals surface area contributed by atoms with Gasteiger partial charge < -0.3 is 31.3 Å². The van der Waals surface area contributed by atoms with Crippen molar-refractivity contribution >= 4 is 39.7 Å². The molecule has 2 aliphatic rings. The molecule has 1 saturated carbocycles. The maximum absolute atomic E-state index is 14.4. The summed E-state index contributed by atoms with van der Waals surface area (Å²) in [5.41, 5.74) is -0.427. The molecular formula is C39H54F2N6O8S. The van der Waals surface area contributed by atoms with Crippen LogP contribution in [0.5, 0.6) is 0 Å². The fourth-order valence-electron chi connectivity index (χ4n) is 7.24. The molecule has 2 fully saturated rings. The van der Waals surface area contributed by atoms with Crippen LogP contribution in [-0.2, 0) is 30.8 Å². The molecule has 1 aliphatic heterocycles. The second-order valence-electron chi connectivity index (χ2n) is 16.6. The Hall–Kier alpha value is -4.64. The number of piperidine rings is 1. The first kappa shape index (κ1) is 44.1. The summed E-state index contributed by atoms with van der Waals surface area (Å²) in [5, 5.41) is 19.7. The average molecular weight is 805 g/mol. The monoisotopic (exact) mass is 804 g/mol. The number of hydrogen-bond donors (Lipinski definition) is 6. The minimum Gasteiger partial charge on any atom is -0.478 e. The van der Waals surface area contributed by atoms with E-state index in [1.165, 1.54) is 29.2 Å². The van der Waals surface area contributed by atoms with Crippen LogP contribution in [0.3, 0.4) is 0 Å². The largest absolute Gasteiger partial charge is 0.478 e. The Morgan fingerprint density at radius 2 is 1.57 bits per heavy atom. The van der Waals surface area contributed by atoms with Crippen LogP contribution in [0.4, 0.5) is 13.6 Å². The van der Waals surface area contributed by atoms with E-state index >= 15 is 0 Å². The fourth-order valence-corrected chi connectivity index (χ4v) is 8.32. The number of hydrogen-bond acceptors (Lipinski definition) is 7. The summed E-state index contributed by atoms with van der Waals surface area (Å²) >= 11 is 0. The Morgan fingerprint density at radius 3 is 2.12 bits per heavy atom. The highest BCUT2D eigenvalue weighted by Crippen LogP contribution is 2.65. The Kier molecular flexibility index (Phi) is 13.9. The zero-order valence-electron chi connectivity index (χ0n) is 32.8. The predicted octanol–water partition coefficient (Wildman–Crippen LogP) is 3.38. The highest BCUT2D eigenvalue weighted by atomic mass is 32.2. The van der Waals surface area contributed by atoms with Crippen LogP contribution in [0.25, 0.3) is 0 Å². The Bertz CT molecular complexity index is 1850. The minimum atomic E-state index is -3.87. The summed E-state index contributed by atoms with van der Waals surface area (Å²) in [6.45, 7) is 12.8. The molecule has 0 radical (unpaired) electrons. The molecule has 1 heterocycles. The average Bonchev–Trinajstić information content (AvgIpc) is 3.41. The molecule has 1 saturated heterocycles. The fraction of sp³-hybridized carbons (Fsp3) is 0.564. The smallest absolute Gasteiger partial charge is 0.335 e. The van der Waals surface area contributed by atoms with Gasteiger partial charge in [-0.2, -0.15) is 0 Å². The second-order valence-corrected chi connectivity index (χ2v) is 18.3. The van der Waals surface area contributed by atoms with E-state index in [1.807, 2.05) is 13.8 Å². The van der Waals surface area contributed by atoms with Crippen molar-refractivity contribution in [3.05, 3.63) is 65.7 Å². The minimum absolute atomic E-state index is 0.0319. The number of carbonyl (C=O) groups excluding carboxylic acids is 4. The van der Waals surface area contributed by atoms with Crippen molar-refractivity contribution in [2.24, 2.45) is 28.6 Å². The molecule has 0 bridgehead atoms. The summed E-state index contributed by atoms with van der Waals surface area (Å²) in [6.07, 6.45) is -3.62. The molecule has 14 nitrogen and oxygen atoms in total. The number of alkyl halides is 2. The number of nitrogens with zero attached hydrogens (tertiary/aromatic N) is 1. The molecule has 2 aromatic carbocycles. The maximum atomic E-state index is 14.4. The SMILES string of the molecule is CC(C)[C@@H](CNS(=O)(=O)c1ccccc1)NC(=O)N[C@H](C(=O)N1C[C@H]2[C@@H]([C@H]1C(=O)N[C@@H](CC(F)F)C(=O)NCCc1ccc(C(=O)O)cc1)C2(C)C)C(C)(C)C. The number of benzene rings is 2. The highest BCUT2D eigenvalue weighted by molar-refractivity contribution is 7.89. The molecule has 4 rings (SSSR count). The molecule has 0 aromatic heterocycles. The lowest BCUT2D eigenvalue weighted by molar-refractivity contribution is -0.144. The van der Waals surface area contributed by atoms with Gasteiger partial charge in [0.15, 0.2) is 0 Å². The van der Waals surface area contributed by atoms with Crippen LogP contribution in [-0.4, -0.2) is 98.4 Å². The van der Waals surface area contributed by atoms with Gasteiger partial charge in [0.2, 0.25) is 34.2 Å². The van der Waals surface area contributed by atoms with E-state index in [1.54, 1.807) is 65.0 Å². The molecule has 2 aromatic rings. The standard InChI is InChI=1S/C39H54F2N6O8S/c1-22(2)28(20-43-56(54,55)25-11-9-8-10-12-25)45-37(53)46-32(38(3,4)5)35(50)47-21-26-30(39(26,6)7)31(47)34(49)44-27(19-29(40)41)33(48)42-18-17-23-13-15-24(16-14-23)36(51)52/h8-16,22,26-32,43H,17-21H2,1-7H3,(H,42,48)(H,44,49)(H,51,52)(H2,45,46,53)/t26-,27-,28+,30-,31-,32+/m0/s1. The first-order chi connectivity index (χ1) is 26.0. The number of rotatable bonds is 17. The second kappa shape index (κ2) is 17.7. The van der Waals surface area contributed by atoms with Gasteiger partial charge in [0.25, 0.3) is 0 Å². The van der Waals surface area contributed by atoms with E-state index in [-0.39, 0.29) is 59.7 Å². The third kappa shape index (κ3) is 10.8. The molecule has 56 heavy (non-hydrogen) atoms. The number of halogens is 2. The first-order valence-electron chi connectivity index (χ1n) is 18.6. The van der Waals surface area contributed by atoms with E-state index in [0.717, 1.165) is 0 Å². The van der Waals surface area contributed by atoms with Crippen LogP contribution >= 0.6 is 0 Å². The third-order valence-corrected chi connectivity index (χ3v) is 12.2. The molecule has 1 aliphatic carbocycles. The number of likely N-dealkylation sites (tertiary alicyclic amines) is 1. The molecule has 0 unspecified atom stereocenters. The Labute approximate surface area is 327 Å². The number of amides is 5. The number of carbonyl (C=O) groups is 5. The van der Waals surface area contributed by atoms with E-state index in [2.05, 4.69) is 26.0 Å². The zero-order chi connectivity index (χ0) is 41.7. The summed E-state index contributed by atoms with van der Waals surface area (Å²) in [6, 6.07) is 8.50. The predicted molar refractivity (Wildman–Crippen MR) is 204 cm³/mol. The van der Waals surface area contributed by atoms with Crippen molar-refractivity contribution < 1.29 is 46.3 Å². The lowest BCUT2D eigenvalue weighted by Gasteiger charge is -2.38. The van der Waals surface area contributed by atoms with Gasteiger partial charge in [-0.25, -0.2) is 31.5 Å². The highest BCUT2D eigenvalue weighted by Gasteiger charge is 2.70. The van der Waals surface area contributed by atoms with Gasteiger partial charge in [-0.1, -0.05) is 78.8 Å². The van der Waals surface area contributed by atoms with Gasteiger partial charge in [-0.15, -0.1) is 0 Å². The number of aromatic carboxylic acids is 1.